The summed E-state index contributed by atoms with van der Waals surface area (Å²) < 4.78 is 53.6. The van der Waals surface area contributed by atoms with Gasteiger partial charge in [0.15, 0.2) is 0 Å². The van der Waals surface area contributed by atoms with Crippen LogP contribution in [-0.4, -0.2) is 62.3 Å². The van der Waals surface area contributed by atoms with E-state index in [1.165, 1.54) is 0 Å². The van der Waals surface area contributed by atoms with Crippen LogP contribution in [0.1, 0.15) is 11.1 Å². The number of aryl methyl sites for hydroxylation is 1. The van der Waals surface area contributed by atoms with Crippen LogP contribution in [0, 0.1) is 25.5 Å². The molecule has 11 heteroatoms. The van der Waals surface area contributed by atoms with E-state index in [0.717, 1.165) is 27.6 Å². The molecular weight excluding hydrogens is 442 g/mol. The van der Waals surface area contributed by atoms with E-state index in [2.05, 4.69) is 10.6 Å². The van der Waals surface area contributed by atoms with Gasteiger partial charge in [0.05, 0.1) is 6.54 Å². The van der Waals surface area contributed by atoms with E-state index in [4.69, 9.17) is 0 Å². The molecule has 32 heavy (non-hydrogen) atoms. The maximum Gasteiger partial charge on any atom is 0.325 e. The Kier molecular flexibility index (Phi) is 7.22. The van der Waals surface area contributed by atoms with E-state index in [0.29, 0.717) is 11.8 Å². The van der Waals surface area contributed by atoms with Crippen molar-refractivity contribution in [1.29, 1.82) is 0 Å². The average Bonchev–Trinajstić information content (AvgIpc) is 2.73. The molecule has 172 valence electrons. The Bertz CT molecular complexity index is 1130. The molecule has 8 nitrogen and oxygen atoms in total. The number of urea groups is 1. The number of imide groups is 1. The minimum Gasteiger partial charge on any atom is -0.307 e. The van der Waals surface area contributed by atoms with Crippen LogP contribution in [0.5, 0.6) is 0 Å². The monoisotopic (exact) mass is 466 g/mol. The first-order chi connectivity index (χ1) is 15.1. The molecule has 2 aromatic rings. The number of amides is 3. The largest absolute Gasteiger partial charge is 0.325 e. The molecule has 1 fully saturated rings. The Morgan fingerprint density at radius 3 is 2.41 bits per heavy atom. The van der Waals surface area contributed by atoms with Gasteiger partial charge in [-0.15, -0.1) is 0 Å². The van der Waals surface area contributed by atoms with Gasteiger partial charge in [-0.05, 0) is 49.2 Å². The molecule has 1 aliphatic heterocycles. The molecule has 0 radical (unpaired) electrons. The Morgan fingerprint density at radius 2 is 1.72 bits per heavy atom. The second-order valence-electron chi connectivity index (χ2n) is 7.50. The normalized spacial score (nSPS) is 15.4. The zero-order chi connectivity index (χ0) is 23.5. The molecule has 0 saturated carbocycles. The summed E-state index contributed by atoms with van der Waals surface area (Å²) in [6.07, 6.45) is 0. The third-order valence-electron chi connectivity index (χ3n) is 5.32. The van der Waals surface area contributed by atoms with Crippen LogP contribution in [0.4, 0.5) is 19.3 Å². The maximum absolute atomic E-state index is 13.9. The van der Waals surface area contributed by atoms with Crippen molar-refractivity contribution in [3.8, 4) is 0 Å². The first-order valence-electron chi connectivity index (χ1n) is 9.92. The van der Waals surface area contributed by atoms with Gasteiger partial charge in [0.2, 0.25) is 15.9 Å². The molecule has 0 aromatic heterocycles. The number of nitrogens with zero attached hydrogens (tertiary/aromatic N) is 2. The van der Waals surface area contributed by atoms with E-state index in [-0.39, 0.29) is 32.7 Å². The number of carbonyl (C=O) groups is 2. The average molecular weight is 467 g/mol. The fourth-order valence-corrected chi connectivity index (χ4v) is 4.85. The van der Waals surface area contributed by atoms with Crippen LogP contribution in [0.25, 0.3) is 0 Å². The number of halogens is 2. The Balaban J connectivity index is 1.52. The summed E-state index contributed by atoms with van der Waals surface area (Å²) in [6, 6.07) is 7.04. The molecule has 1 heterocycles. The number of piperazine rings is 1. The molecule has 1 aliphatic rings. The quantitative estimate of drug-likeness (QED) is 0.704. The van der Waals surface area contributed by atoms with Crippen LogP contribution >= 0.6 is 0 Å². The smallest absolute Gasteiger partial charge is 0.307 e. The summed E-state index contributed by atoms with van der Waals surface area (Å²) in [5, 5.41) is 4.88. The zero-order valence-corrected chi connectivity index (χ0v) is 18.5. The number of rotatable bonds is 5. The minimum absolute atomic E-state index is 0.000248. The standard InChI is InChI=1S/C21H24F2N4O4S/c1-14-4-3-5-18(15(14)2)24-21(29)25-20(28)13-26-8-10-27(11-9-26)32(30,31)19-12-16(22)6-7-17(19)23/h3-7,12H,8-11,13H2,1-2H3,(H2,24,25,28,29). The summed E-state index contributed by atoms with van der Waals surface area (Å²) in [7, 11) is -4.20. The predicted molar refractivity (Wildman–Crippen MR) is 115 cm³/mol. The van der Waals surface area contributed by atoms with Crippen molar-refractivity contribution in [2.24, 2.45) is 0 Å². The molecule has 1 saturated heterocycles. The summed E-state index contributed by atoms with van der Waals surface area (Å²) in [4.78, 5) is 25.3. The topological polar surface area (TPSA) is 98.8 Å². The predicted octanol–water partition coefficient (Wildman–Crippen LogP) is 2.24. The maximum atomic E-state index is 13.9. The highest BCUT2D eigenvalue weighted by Crippen LogP contribution is 2.22. The number of hydrogen-bond donors (Lipinski definition) is 2. The summed E-state index contributed by atoms with van der Waals surface area (Å²) in [6.45, 7) is 4.05. The number of sulfonamides is 1. The van der Waals surface area contributed by atoms with Crippen LogP contribution in [0.2, 0.25) is 0 Å². The van der Waals surface area contributed by atoms with Crippen molar-refractivity contribution < 1.29 is 26.8 Å². The second kappa shape index (κ2) is 9.72. The Hall–Kier alpha value is -2.89. The minimum atomic E-state index is -4.20. The number of benzene rings is 2. The van der Waals surface area contributed by atoms with Crippen molar-refractivity contribution in [3.05, 3.63) is 59.2 Å². The van der Waals surface area contributed by atoms with Gasteiger partial charge >= 0.3 is 6.03 Å². The van der Waals surface area contributed by atoms with Gasteiger partial charge in [-0.2, -0.15) is 4.31 Å². The number of carbonyl (C=O) groups excluding carboxylic acids is 2. The van der Waals surface area contributed by atoms with Gasteiger partial charge in [0, 0.05) is 31.9 Å². The highest BCUT2D eigenvalue weighted by molar-refractivity contribution is 7.89. The third kappa shape index (κ3) is 5.47. The van der Waals surface area contributed by atoms with Crippen LogP contribution < -0.4 is 10.6 Å². The van der Waals surface area contributed by atoms with Crippen LogP contribution in [0.15, 0.2) is 41.3 Å². The van der Waals surface area contributed by atoms with Gasteiger partial charge in [-0.25, -0.2) is 22.0 Å². The van der Waals surface area contributed by atoms with Crippen molar-refractivity contribution in [1.82, 2.24) is 14.5 Å². The van der Waals surface area contributed by atoms with E-state index in [1.54, 1.807) is 17.0 Å². The van der Waals surface area contributed by atoms with Gasteiger partial charge in [-0.1, -0.05) is 12.1 Å². The fourth-order valence-electron chi connectivity index (χ4n) is 3.35. The first kappa shape index (κ1) is 23.8. The van der Waals surface area contributed by atoms with E-state index in [1.807, 2.05) is 19.9 Å². The SMILES string of the molecule is Cc1cccc(NC(=O)NC(=O)CN2CCN(S(=O)(=O)c3cc(F)ccc3F)CC2)c1C. The molecule has 0 unspecified atom stereocenters. The number of nitrogens with one attached hydrogen (secondary N) is 2. The molecule has 3 amide bonds. The first-order valence-corrected chi connectivity index (χ1v) is 11.4. The molecular formula is C21H24F2N4O4S. The lowest BCUT2D eigenvalue weighted by Crippen LogP contribution is -2.51. The fraction of sp³-hybridized carbons (Fsp3) is 0.333. The molecule has 0 atom stereocenters. The van der Waals surface area contributed by atoms with Crippen molar-refractivity contribution in [2.45, 2.75) is 18.7 Å². The summed E-state index contributed by atoms with van der Waals surface area (Å²) in [5.74, 6) is -2.41. The number of anilines is 1. The summed E-state index contributed by atoms with van der Waals surface area (Å²) >= 11 is 0. The molecule has 3 rings (SSSR count). The molecule has 2 aromatic carbocycles. The lowest BCUT2D eigenvalue weighted by atomic mass is 10.1. The molecule has 0 aliphatic carbocycles. The third-order valence-corrected chi connectivity index (χ3v) is 7.23. The van der Waals surface area contributed by atoms with Crippen molar-refractivity contribution in [2.75, 3.05) is 38.0 Å². The lowest BCUT2D eigenvalue weighted by molar-refractivity contribution is -0.121. The van der Waals surface area contributed by atoms with Gasteiger partial charge in [-0.3, -0.25) is 15.0 Å². The van der Waals surface area contributed by atoms with E-state index in [9.17, 15) is 26.8 Å². The molecule has 0 bridgehead atoms. The van der Waals surface area contributed by atoms with Gasteiger partial charge in [0.25, 0.3) is 0 Å². The van der Waals surface area contributed by atoms with Gasteiger partial charge in [0.1, 0.15) is 16.5 Å². The van der Waals surface area contributed by atoms with E-state index >= 15 is 0 Å². The van der Waals surface area contributed by atoms with E-state index < -0.39 is 38.5 Å². The Morgan fingerprint density at radius 1 is 1.03 bits per heavy atom. The van der Waals surface area contributed by atoms with Crippen LogP contribution in [-0.2, 0) is 14.8 Å². The zero-order valence-electron chi connectivity index (χ0n) is 17.7. The van der Waals surface area contributed by atoms with Crippen molar-refractivity contribution >= 4 is 27.6 Å². The summed E-state index contributed by atoms with van der Waals surface area (Å²) in [5.41, 5.74) is 2.49. The lowest BCUT2D eigenvalue weighted by Gasteiger charge is -2.33. The Labute approximate surface area is 185 Å². The van der Waals surface area contributed by atoms with Gasteiger partial charge < -0.3 is 5.32 Å². The highest BCUT2D eigenvalue weighted by atomic mass is 32.2. The number of hydrogen-bond acceptors (Lipinski definition) is 5. The van der Waals surface area contributed by atoms with Crippen LogP contribution in [0.3, 0.4) is 0 Å². The second-order valence-corrected chi connectivity index (χ2v) is 9.41. The molecule has 2 N–H and O–H groups in total. The molecule has 0 spiro atoms. The highest BCUT2D eigenvalue weighted by Gasteiger charge is 2.31. The van der Waals surface area contributed by atoms with Crippen molar-refractivity contribution in [3.63, 3.8) is 0 Å².